The number of hydroxylamine groups is 1. The van der Waals surface area contributed by atoms with E-state index in [-0.39, 0.29) is 22.3 Å². The fourth-order valence-electron chi connectivity index (χ4n) is 3.14. The van der Waals surface area contributed by atoms with Crippen LogP contribution in [0.2, 0.25) is 0 Å². The molecule has 0 saturated heterocycles. The molecule has 7 heteroatoms. The second-order valence-electron chi connectivity index (χ2n) is 6.71. The lowest BCUT2D eigenvalue weighted by molar-refractivity contribution is -0.0258. The maximum atomic E-state index is 12.8. The average molecular weight is 425 g/mol. The highest BCUT2D eigenvalue weighted by atomic mass is 32.2. The Hall–Kier alpha value is -3.00. The molecule has 0 heterocycles. The lowest BCUT2D eigenvalue weighted by Gasteiger charge is -2.19. The van der Waals surface area contributed by atoms with Gasteiger partial charge in [0.2, 0.25) is 0 Å². The van der Waals surface area contributed by atoms with Gasteiger partial charge in [-0.25, -0.2) is 8.42 Å². The van der Waals surface area contributed by atoms with E-state index in [0.717, 1.165) is 15.6 Å². The van der Waals surface area contributed by atoms with Crippen molar-refractivity contribution in [2.75, 3.05) is 20.7 Å². The first kappa shape index (κ1) is 21.7. The molecule has 0 aliphatic heterocycles. The van der Waals surface area contributed by atoms with Gasteiger partial charge in [0, 0.05) is 25.1 Å². The lowest BCUT2D eigenvalue weighted by Crippen LogP contribution is -2.29. The van der Waals surface area contributed by atoms with Crippen molar-refractivity contribution in [3.05, 3.63) is 102 Å². The van der Waals surface area contributed by atoms with Crippen LogP contribution in [0.4, 0.5) is 0 Å². The van der Waals surface area contributed by atoms with Gasteiger partial charge >= 0.3 is 0 Å². The van der Waals surface area contributed by atoms with Crippen LogP contribution in [0.3, 0.4) is 0 Å². The van der Waals surface area contributed by atoms with Crippen LogP contribution >= 0.6 is 0 Å². The van der Waals surface area contributed by atoms with Crippen molar-refractivity contribution in [3.63, 3.8) is 0 Å². The monoisotopic (exact) mass is 424 g/mol. The molecule has 0 saturated carbocycles. The van der Waals surface area contributed by atoms with E-state index >= 15 is 0 Å². The minimum absolute atomic E-state index is 0.0119. The van der Waals surface area contributed by atoms with Gasteiger partial charge < -0.3 is 5.32 Å². The fraction of sp³-hybridized carbons (Fsp3) is 0.174. The third-order valence-electron chi connectivity index (χ3n) is 4.86. The molecule has 156 valence electrons. The van der Waals surface area contributed by atoms with Crippen LogP contribution in [0.25, 0.3) is 0 Å². The van der Waals surface area contributed by atoms with Crippen LogP contribution in [0.15, 0.2) is 89.8 Å². The summed E-state index contributed by atoms with van der Waals surface area (Å²) >= 11 is 0. The summed E-state index contributed by atoms with van der Waals surface area (Å²) in [5.41, 5.74) is 2.43. The van der Waals surface area contributed by atoms with E-state index in [1.165, 1.54) is 32.4 Å². The van der Waals surface area contributed by atoms with Crippen molar-refractivity contribution >= 4 is 15.9 Å². The number of benzene rings is 3. The molecule has 3 aromatic carbocycles. The van der Waals surface area contributed by atoms with Gasteiger partial charge in [-0.05, 0) is 29.3 Å². The minimum atomic E-state index is -3.83. The van der Waals surface area contributed by atoms with Crippen LogP contribution in [-0.4, -0.2) is 39.5 Å². The maximum absolute atomic E-state index is 12.8. The van der Waals surface area contributed by atoms with Gasteiger partial charge in [0.05, 0.1) is 12.0 Å². The Morgan fingerprint density at radius 3 is 2.03 bits per heavy atom. The quantitative estimate of drug-likeness (QED) is 0.562. The van der Waals surface area contributed by atoms with Crippen molar-refractivity contribution in [1.82, 2.24) is 9.79 Å². The summed E-state index contributed by atoms with van der Waals surface area (Å²) in [6.07, 6.45) is 0. The number of nitrogens with zero attached hydrogens (tertiary/aromatic N) is 1. The smallest absolute Gasteiger partial charge is 0.264 e. The third kappa shape index (κ3) is 4.94. The standard InChI is InChI=1S/C23H24N2O4S/c1-25(29-2)30(27,28)21-15-9-14-20(16-21)23(26)24-17-22(18-10-5-3-6-11-18)19-12-7-4-8-13-19/h3-16,22H,17H2,1-2H3,(H,24,26). The normalized spacial score (nSPS) is 11.6. The number of hydrogen-bond donors (Lipinski definition) is 1. The van der Waals surface area contributed by atoms with E-state index in [9.17, 15) is 13.2 Å². The molecule has 0 unspecified atom stereocenters. The number of sulfonamides is 1. The molecule has 0 bridgehead atoms. The number of nitrogens with one attached hydrogen (secondary N) is 1. The van der Waals surface area contributed by atoms with Crippen LogP contribution < -0.4 is 5.32 Å². The number of amides is 1. The largest absolute Gasteiger partial charge is 0.351 e. The summed E-state index contributed by atoms with van der Waals surface area (Å²) in [6, 6.07) is 25.8. The van der Waals surface area contributed by atoms with Crippen molar-refractivity contribution < 1.29 is 18.0 Å². The van der Waals surface area contributed by atoms with E-state index in [4.69, 9.17) is 4.84 Å². The second-order valence-corrected chi connectivity index (χ2v) is 8.64. The average Bonchev–Trinajstić information content (AvgIpc) is 2.80. The van der Waals surface area contributed by atoms with Gasteiger partial charge in [-0.2, -0.15) is 0 Å². The zero-order valence-corrected chi connectivity index (χ0v) is 17.7. The van der Waals surface area contributed by atoms with Gasteiger partial charge in [0.1, 0.15) is 0 Å². The van der Waals surface area contributed by atoms with Crippen LogP contribution in [0, 0.1) is 0 Å². The van der Waals surface area contributed by atoms with Crippen molar-refractivity contribution in [1.29, 1.82) is 0 Å². The van der Waals surface area contributed by atoms with E-state index in [1.54, 1.807) is 6.07 Å². The molecule has 6 nitrogen and oxygen atoms in total. The summed E-state index contributed by atoms with van der Waals surface area (Å²) in [7, 11) is -1.27. The van der Waals surface area contributed by atoms with Gasteiger partial charge in [-0.15, -0.1) is 0 Å². The van der Waals surface area contributed by atoms with Crippen molar-refractivity contribution in [2.24, 2.45) is 0 Å². The zero-order chi connectivity index (χ0) is 21.6. The SMILES string of the molecule is CON(C)S(=O)(=O)c1cccc(C(=O)NCC(c2ccccc2)c2ccccc2)c1. The van der Waals surface area contributed by atoms with E-state index < -0.39 is 10.0 Å². The van der Waals surface area contributed by atoms with Crippen LogP contribution in [-0.2, 0) is 14.9 Å². The lowest BCUT2D eigenvalue weighted by atomic mass is 9.91. The molecule has 0 aliphatic rings. The van der Waals surface area contributed by atoms with Gasteiger partial charge in [-0.3, -0.25) is 9.63 Å². The molecular weight excluding hydrogens is 400 g/mol. The van der Waals surface area contributed by atoms with E-state index in [0.29, 0.717) is 6.54 Å². The molecule has 0 aliphatic carbocycles. The van der Waals surface area contributed by atoms with Gasteiger partial charge in [-0.1, -0.05) is 71.2 Å². The summed E-state index contributed by atoms with van der Waals surface area (Å²) in [4.78, 5) is 17.6. The first-order valence-electron chi connectivity index (χ1n) is 9.44. The predicted molar refractivity (Wildman–Crippen MR) is 115 cm³/mol. The van der Waals surface area contributed by atoms with Crippen LogP contribution in [0.5, 0.6) is 0 Å². The minimum Gasteiger partial charge on any atom is -0.351 e. The first-order valence-corrected chi connectivity index (χ1v) is 10.9. The Morgan fingerprint density at radius 1 is 0.933 bits per heavy atom. The molecule has 0 spiro atoms. The molecule has 30 heavy (non-hydrogen) atoms. The molecule has 0 fully saturated rings. The van der Waals surface area contributed by atoms with E-state index in [2.05, 4.69) is 5.32 Å². The van der Waals surface area contributed by atoms with Gasteiger partial charge in [0.25, 0.3) is 15.9 Å². The van der Waals surface area contributed by atoms with Crippen LogP contribution in [0.1, 0.15) is 27.4 Å². The van der Waals surface area contributed by atoms with E-state index in [1.807, 2.05) is 60.7 Å². The highest BCUT2D eigenvalue weighted by Gasteiger charge is 2.22. The molecule has 3 rings (SSSR count). The third-order valence-corrected chi connectivity index (χ3v) is 6.54. The molecule has 0 atom stereocenters. The molecule has 1 amide bonds. The maximum Gasteiger partial charge on any atom is 0.264 e. The fourth-order valence-corrected chi connectivity index (χ4v) is 4.16. The molecule has 3 aromatic rings. The number of carbonyl (C=O) groups is 1. The summed E-state index contributed by atoms with van der Waals surface area (Å²) < 4.78 is 25.6. The summed E-state index contributed by atoms with van der Waals surface area (Å²) in [6.45, 7) is 0.377. The Balaban J connectivity index is 1.81. The predicted octanol–water partition coefficient (Wildman–Crippen LogP) is 3.43. The Bertz CT molecular complexity index is 1050. The summed E-state index contributed by atoms with van der Waals surface area (Å²) in [5, 5.41) is 2.94. The zero-order valence-electron chi connectivity index (χ0n) is 16.9. The van der Waals surface area contributed by atoms with Crippen molar-refractivity contribution in [3.8, 4) is 0 Å². The number of carbonyl (C=O) groups excluding carboxylic acids is 1. The Morgan fingerprint density at radius 2 is 1.50 bits per heavy atom. The highest BCUT2D eigenvalue weighted by molar-refractivity contribution is 7.89. The Labute approximate surface area is 177 Å². The molecule has 1 N–H and O–H groups in total. The molecule has 0 aromatic heterocycles. The summed E-state index contributed by atoms with van der Waals surface area (Å²) in [5.74, 6) is -0.369. The molecular formula is C23H24N2O4S. The first-order chi connectivity index (χ1) is 14.4. The second kappa shape index (κ2) is 9.67. The Kier molecular flexibility index (Phi) is 6.99. The highest BCUT2D eigenvalue weighted by Crippen LogP contribution is 2.24. The topological polar surface area (TPSA) is 75.7 Å². The number of hydrogen-bond acceptors (Lipinski definition) is 4. The van der Waals surface area contributed by atoms with Crippen molar-refractivity contribution in [2.45, 2.75) is 10.8 Å². The van der Waals surface area contributed by atoms with Gasteiger partial charge in [0.15, 0.2) is 0 Å². The molecule has 0 radical (unpaired) electrons. The number of rotatable bonds is 8.